The highest BCUT2D eigenvalue weighted by atomic mass is 16.7. The summed E-state index contributed by atoms with van der Waals surface area (Å²) in [5, 5.41) is 4.11. The SMILES string of the molecule is COc1ccc(C2=NO[C@@]3(CC(=O)N(c4ccccc4)C3=O)C2)c(OC)c1. The molecule has 1 spiro atoms. The van der Waals surface area contributed by atoms with E-state index in [1.807, 2.05) is 6.07 Å². The van der Waals surface area contributed by atoms with Gasteiger partial charge in [0.1, 0.15) is 11.5 Å². The van der Waals surface area contributed by atoms with E-state index in [9.17, 15) is 9.59 Å². The number of hydrogen-bond donors (Lipinski definition) is 0. The Kier molecular flexibility index (Phi) is 4.07. The number of carbonyl (C=O) groups is 2. The van der Waals surface area contributed by atoms with E-state index in [0.29, 0.717) is 28.5 Å². The van der Waals surface area contributed by atoms with Gasteiger partial charge in [0, 0.05) is 18.1 Å². The predicted octanol–water partition coefficient (Wildman–Crippen LogP) is 2.53. The van der Waals surface area contributed by atoms with E-state index in [0.717, 1.165) is 0 Å². The lowest BCUT2D eigenvalue weighted by Gasteiger charge is -2.19. The van der Waals surface area contributed by atoms with Crippen LogP contribution in [0.2, 0.25) is 0 Å². The van der Waals surface area contributed by atoms with Gasteiger partial charge in [-0.3, -0.25) is 9.59 Å². The molecule has 1 saturated heterocycles. The van der Waals surface area contributed by atoms with Crippen molar-refractivity contribution in [3.8, 4) is 11.5 Å². The summed E-state index contributed by atoms with van der Waals surface area (Å²) in [7, 11) is 3.12. The maximum absolute atomic E-state index is 13.0. The van der Waals surface area contributed by atoms with Crippen LogP contribution in [0.1, 0.15) is 18.4 Å². The third-order valence-electron chi connectivity index (χ3n) is 4.80. The minimum Gasteiger partial charge on any atom is -0.497 e. The topological polar surface area (TPSA) is 77.4 Å². The molecule has 2 heterocycles. The number of para-hydroxylation sites is 1. The van der Waals surface area contributed by atoms with Crippen molar-refractivity contribution >= 4 is 23.2 Å². The van der Waals surface area contributed by atoms with Crippen LogP contribution in [0, 0.1) is 0 Å². The third-order valence-corrected chi connectivity index (χ3v) is 4.80. The number of amides is 2. The van der Waals surface area contributed by atoms with Crippen molar-refractivity contribution in [3.05, 3.63) is 54.1 Å². The Labute approximate surface area is 156 Å². The molecule has 138 valence electrons. The average molecular weight is 366 g/mol. The zero-order valence-corrected chi connectivity index (χ0v) is 15.0. The monoisotopic (exact) mass is 366 g/mol. The largest absolute Gasteiger partial charge is 0.497 e. The Morgan fingerprint density at radius 3 is 2.52 bits per heavy atom. The van der Waals surface area contributed by atoms with E-state index in [2.05, 4.69) is 5.16 Å². The number of methoxy groups -OCH3 is 2. The number of anilines is 1. The molecule has 1 atom stereocenters. The molecule has 4 rings (SSSR count). The summed E-state index contributed by atoms with van der Waals surface area (Å²) in [5.41, 5.74) is 0.496. The van der Waals surface area contributed by atoms with Crippen molar-refractivity contribution in [1.29, 1.82) is 0 Å². The Balaban J connectivity index is 1.62. The van der Waals surface area contributed by atoms with Gasteiger partial charge in [-0.2, -0.15) is 0 Å². The summed E-state index contributed by atoms with van der Waals surface area (Å²) in [4.78, 5) is 32.3. The molecule has 7 nitrogen and oxygen atoms in total. The van der Waals surface area contributed by atoms with Gasteiger partial charge in [-0.15, -0.1) is 0 Å². The van der Waals surface area contributed by atoms with Gasteiger partial charge in [-0.1, -0.05) is 23.4 Å². The zero-order chi connectivity index (χ0) is 19.0. The molecule has 2 aliphatic heterocycles. The fourth-order valence-electron chi connectivity index (χ4n) is 3.42. The number of imide groups is 1. The van der Waals surface area contributed by atoms with Crippen LogP contribution in [0.5, 0.6) is 11.5 Å². The molecule has 0 aromatic heterocycles. The second-order valence-electron chi connectivity index (χ2n) is 6.41. The Bertz CT molecular complexity index is 941. The van der Waals surface area contributed by atoms with Crippen molar-refractivity contribution in [2.45, 2.75) is 18.4 Å². The Morgan fingerprint density at radius 2 is 1.81 bits per heavy atom. The van der Waals surface area contributed by atoms with Crippen LogP contribution in [0.3, 0.4) is 0 Å². The van der Waals surface area contributed by atoms with Gasteiger partial charge in [-0.25, -0.2) is 4.90 Å². The van der Waals surface area contributed by atoms with E-state index < -0.39 is 11.5 Å². The standard InChI is InChI=1S/C20H18N2O5/c1-25-14-8-9-15(17(10-14)26-2)16-11-20(27-21-16)12-18(23)22(19(20)24)13-6-4-3-5-7-13/h3-10H,11-12H2,1-2H3/t20-/m1/s1. The van der Waals surface area contributed by atoms with Gasteiger partial charge < -0.3 is 14.3 Å². The zero-order valence-electron chi connectivity index (χ0n) is 15.0. The van der Waals surface area contributed by atoms with Crippen LogP contribution in [0.4, 0.5) is 5.69 Å². The number of rotatable bonds is 4. The van der Waals surface area contributed by atoms with Crippen molar-refractivity contribution in [2.75, 3.05) is 19.1 Å². The first-order valence-electron chi connectivity index (χ1n) is 8.48. The smallest absolute Gasteiger partial charge is 0.281 e. The maximum Gasteiger partial charge on any atom is 0.281 e. The van der Waals surface area contributed by atoms with Gasteiger partial charge in [0.25, 0.3) is 5.91 Å². The minimum absolute atomic E-state index is 0.0494. The van der Waals surface area contributed by atoms with Crippen molar-refractivity contribution in [3.63, 3.8) is 0 Å². The van der Waals surface area contributed by atoms with Crippen LogP contribution in [0.15, 0.2) is 53.7 Å². The molecule has 0 aliphatic carbocycles. The molecule has 0 radical (unpaired) electrons. The summed E-state index contributed by atoms with van der Waals surface area (Å²) < 4.78 is 10.6. The van der Waals surface area contributed by atoms with Crippen LogP contribution in [-0.2, 0) is 14.4 Å². The number of hydrogen-bond acceptors (Lipinski definition) is 6. The number of oxime groups is 1. The first kappa shape index (κ1) is 17.1. The molecule has 0 N–H and O–H groups in total. The second kappa shape index (κ2) is 6.42. The number of nitrogens with zero attached hydrogens (tertiary/aromatic N) is 2. The molecule has 2 aliphatic rings. The quantitative estimate of drug-likeness (QED) is 0.777. The predicted molar refractivity (Wildman–Crippen MR) is 98.1 cm³/mol. The van der Waals surface area contributed by atoms with Crippen LogP contribution >= 0.6 is 0 Å². The highest BCUT2D eigenvalue weighted by molar-refractivity contribution is 6.26. The normalized spacial score (nSPS) is 21.4. The minimum atomic E-state index is -1.30. The average Bonchev–Trinajstić information content (AvgIpc) is 3.23. The van der Waals surface area contributed by atoms with Gasteiger partial charge >= 0.3 is 0 Å². The van der Waals surface area contributed by atoms with Crippen LogP contribution in [0.25, 0.3) is 0 Å². The number of benzene rings is 2. The maximum atomic E-state index is 13.0. The van der Waals surface area contributed by atoms with Gasteiger partial charge in [0.2, 0.25) is 11.5 Å². The van der Waals surface area contributed by atoms with Gasteiger partial charge in [-0.05, 0) is 24.3 Å². The number of carbonyl (C=O) groups excluding carboxylic acids is 2. The summed E-state index contributed by atoms with van der Waals surface area (Å²) in [5.74, 6) is 0.506. The summed E-state index contributed by atoms with van der Waals surface area (Å²) in [6, 6.07) is 14.1. The molecule has 2 aromatic carbocycles. The van der Waals surface area contributed by atoms with E-state index in [4.69, 9.17) is 14.3 Å². The summed E-state index contributed by atoms with van der Waals surface area (Å²) in [6.45, 7) is 0. The van der Waals surface area contributed by atoms with E-state index in [-0.39, 0.29) is 18.7 Å². The lowest BCUT2D eigenvalue weighted by Crippen LogP contribution is -2.40. The molecule has 1 fully saturated rings. The lowest BCUT2D eigenvalue weighted by atomic mass is 9.92. The second-order valence-corrected chi connectivity index (χ2v) is 6.41. The summed E-state index contributed by atoms with van der Waals surface area (Å²) >= 11 is 0. The van der Waals surface area contributed by atoms with Crippen molar-refractivity contribution in [2.24, 2.45) is 5.16 Å². The molecule has 27 heavy (non-hydrogen) atoms. The highest BCUT2D eigenvalue weighted by Gasteiger charge is 2.58. The fraction of sp³-hybridized carbons (Fsp3) is 0.250. The Hall–Kier alpha value is -3.35. The van der Waals surface area contributed by atoms with E-state index >= 15 is 0 Å². The van der Waals surface area contributed by atoms with Crippen molar-refractivity contribution < 1.29 is 23.9 Å². The lowest BCUT2D eigenvalue weighted by molar-refractivity contribution is -0.136. The van der Waals surface area contributed by atoms with E-state index in [1.165, 1.54) is 4.90 Å². The number of ether oxygens (including phenoxy) is 2. The molecule has 7 heteroatoms. The first-order chi connectivity index (χ1) is 13.1. The van der Waals surface area contributed by atoms with Crippen LogP contribution < -0.4 is 14.4 Å². The third kappa shape index (κ3) is 2.71. The molecule has 0 saturated carbocycles. The molecule has 0 unspecified atom stereocenters. The van der Waals surface area contributed by atoms with Crippen LogP contribution in [-0.4, -0.2) is 37.3 Å². The molecular formula is C20H18N2O5. The van der Waals surface area contributed by atoms with E-state index in [1.54, 1.807) is 56.7 Å². The van der Waals surface area contributed by atoms with Crippen molar-refractivity contribution in [1.82, 2.24) is 0 Å². The molecule has 0 bridgehead atoms. The summed E-state index contributed by atoms with van der Waals surface area (Å²) in [6.07, 6.45) is 0.149. The Morgan fingerprint density at radius 1 is 1.04 bits per heavy atom. The fourth-order valence-corrected chi connectivity index (χ4v) is 3.42. The first-order valence-corrected chi connectivity index (χ1v) is 8.48. The molecule has 2 amide bonds. The highest BCUT2D eigenvalue weighted by Crippen LogP contribution is 2.40. The van der Waals surface area contributed by atoms with Gasteiger partial charge in [0.05, 0.1) is 32.0 Å². The van der Waals surface area contributed by atoms with Gasteiger partial charge in [0.15, 0.2) is 0 Å². The molecular weight excluding hydrogens is 348 g/mol. The molecule has 2 aromatic rings.